The Morgan fingerprint density at radius 1 is 1.14 bits per heavy atom. The smallest absolute Gasteiger partial charge is 0.260 e. The predicted octanol–water partition coefficient (Wildman–Crippen LogP) is 4.09. The molecule has 21 heavy (non-hydrogen) atoms. The second-order valence-electron chi connectivity index (χ2n) is 5.59. The highest BCUT2D eigenvalue weighted by molar-refractivity contribution is 7.11. The first-order valence-electron chi connectivity index (χ1n) is 6.86. The van der Waals surface area contributed by atoms with Crippen molar-refractivity contribution in [3.63, 3.8) is 0 Å². The standard InChI is InChI=1S/C17H17NO2S/c1-17(2)11-14(15-9-6-10-21-15)18(16(17)19)20-12-13-7-4-3-5-8-13/h3-11H,12H2,1-2H3. The first-order valence-corrected chi connectivity index (χ1v) is 7.74. The van der Waals surface area contributed by atoms with E-state index in [1.165, 1.54) is 5.06 Å². The third kappa shape index (κ3) is 2.77. The van der Waals surface area contributed by atoms with E-state index >= 15 is 0 Å². The van der Waals surface area contributed by atoms with Gasteiger partial charge in [0.15, 0.2) is 0 Å². The molecule has 1 aliphatic heterocycles. The number of amides is 1. The Balaban J connectivity index is 1.82. The molecule has 0 bridgehead atoms. The fourth-order valence-electron chi connectivity index (χ4n) is 2.27. The van der Waals surface area contributed by atoms with Gasteiger partial charge >= 0.3 is 0 Å². The zero-order valence-electron chi connectivity index (χ0n) is 12.1. The van der Waals surface area contributed by atoms with Crippen LogP contribution in [0.4, 0.5) is 0 Å². The SMILES string of the molecule is CC1(C)C=C(c2cccs2)N(OCc2ccccc2)C1=O. The molecule has 0 aliphatic carbocycles. The lowest BCUT2D eigenvalue weighted by molar-refractivity contribution is -0.173. The molecule has 2 heterocycles. The van der Waals surface area contributed by atoms with Gasteiger partial charge in [0, 0.05) is 0 Å². The van der Waals surface area contributed by atoms with E-state index in [2.05, 4.69) is 0 Å². The van der Waals surface area contributed by atoms with Crippen LogP contribution < -0.4 is 0 Å². The Kier molecular flexibility index (Phi) is 3.66. The third-order valence-corrected chi connectivity index (χ3v) is 4.32. The molecule has 0 saturated carbocycles. The Hall–Kier alpha value is -1.91. The zero-order valence-corrected chi connectivity index (χ0v) is 12.9. The molecule has 1 amide bonds. The molecule has 0 saturated heterocycles. The number of nitrogens with zero attached hydrogens (tertiary/aromatic N) is 1. The molecule has 0 atom stereocenters. The normalized spacial score (nSPS) is 17.1. The van der Waals surface area contributed by atoms with Gasteiger partial charge in [-0.1, -0.05) is 36.4 Å². The number of carbonyl (C=O) groups is 1. The van der Waals surface area contributed by atoms with Crippen molar-refractivity contribution in [1.82, 2.24) is 5.06 Å². The third-order valence-electron chi connectivity index (χ3n) is 3.43. The molecular formula is C17H17NO2S. The molecule has 4 heteroatoms. The Morgan fingerprint density at radius 2 is 1.90 bits per heavy atom. The van der Waals surface area contributed by atoms with Gasteiger partial charge < -0.3 is 0 Å². The average Bonchev–Trinajstić information content (AvgIpc) is 3.07. The van der Waals surface area contributed by atoms with E-state index in [-0.39, 0.29) is 5.91 Å². The van der Waals surface area contributed by atoms with Crippen molar-refractivity contribution in [1.29, 1.82) is 0 Å². The van der Waals surface area contributed by atoms with Gasteiger partial charge in [0.1, 0.15) is 6.61 Å². The van der Waals surface area contributed by atoms with Crippen molar-refractivity contribution >= 4 is 22.9 Å². The molecule has 3 rings (SSSR count). The van der Waals surface area contributed by atoms with Crippen LogP contribution in [0.25, 0.3) is 5.70 Å². The summed E-state index contributed by atoms with van der Waals surface area (Å²) < 4.78 is 0. The largest absolute Gasteiger partial charge is 0.271 e. The lowest BCUT2D eigenvalue weighted by Crippen LogP contribution is -2.32. The van der Waals surface area contributed by atoms with Crippen LogP contribution >= 0.6 is 11.3 Å². The van der Waals surface area contributed by atoms with Gasteiger partial charge in [-0.2, -0.15) is 5.06 Å². The summed E-state index contributed by atoms with van der Waals surface area (Å²) in [5.74, 6) is -0.0261. The van der Waals surface area contributed by atoms with Gasteiger partial charge in [-0.15, -0.1) is 11.3 Å². The zero-order chi connectivity index (χ0) is 14.9. The predicted molar refractivity (Wildman–Crippen MR) is 84.2 cm³/mol. The van der Waals surface area contributed by atoms with E-state index in [1.807, 2.05) is 67.8 Å². The van der Waals surface area contributed by atoms with Crippen LogP contribution in [0.1, 0.15) is 24.3 Å². The first kappa shape index (κ1) is 14.0. The van der Waals surface area contributed by atoms with Gasteiger partial charge in [-0.3, -0.25) is 9.63 Å². The minimum absolute atomic E-state index is 0.0261. The van der Waals surface area contributed by atoms with Gasteiger partial charge in [0.2, 0.25) is 0 Å². The monoisotopic (exact) mass is 299 g/mol. The van der Waals surface area contributed by atoms with E-state index in [4.69, 9.17) is 4.84 Å². The maximum absolute atomic E-state index is 12.5. The Labute approximate surface area is 128 Å². The summed E-state index contributed by atoms with van der Waals surface area (Å²) >= 11 is 1.61. The van der Waals surface area contributed by atoms with Crippen LogP contribution in [-0.2, 0) is 16.2 Å². The topological polar surface area (TPSA) is 29.5 Å². The number of hydrogen-bond donors (Lipinski definition) is 0. The minimum Gasteiger partial charge on any atom is -0.271 e. The molecular weight excluding hydrogens is 282 g/mol. The lowest BCUT2D eigenvalue weighted by Gasteiger charge is -2.21. The summed E-state index contributed by atoms with van der Waals surface area (Å²) in [5.41, 5.74) is 1.35. The maximum Gasteiger partial charge on any atom is 0.260 e. The second kappa shape index (κ2) is 5.47. The fourth-order valence-corrected chi connectivity index (χ4v) is 2.99. The van der Waals surface area contributed by atoms with Gasteiger partial charge in [-0.25, -0.2) is 0 Å². The van der Waals surface area contributed by atoms with Gasteiger partial charge in [-0.05, 0) is 36.9 Å². The van der Waals surface area contributed by atoms with E-state index in [0.29, 0.717) is 6.61 Å². The summed E-state index contributed by atoms with van der Waals surface area (Å²) in [6, 6.07) is 13.8. The van der Waals surface area contributed by atoms with Crippen molar-refractivity contribution in [2.45, 2.75) is 20.5 Å². The van der Waals surface area contributed by atoms with Crippen molar-refractivity contribution in [3.05, 3.63) is 64.4 Å². The van der Waals surface area contributed by atoms with Crippen LogP contribution in [0.15, 0.2) is 53.9 Å². The van der Waals surface area contributed by atoms with Crippen LogP contribution in [0, 0.1) is 5.41 Å². The first-order chi connectivity index (χ1) is 10.1. The summed E-state index contributed by atoms with van der Waals surface area (Å²) in [5, 5.41) is 3.44. The lowest BCUT2D eigenvalue weighted by atomic mass is 9.94. The van der Waals surface area contributed by atoms with E-state index in [0.717, 1.165) is 16.1 Å². The highest BCUT2D eigenvalue weighted by atomic mass is 32.1. The van der Waals surface area contributed by atoms with Crippen LogP contribution in [-0.4, -0.2) is 11.0 Å². The molecule has 0 N–H and O–H groups in total. The molecule has 1 aromatic carbocycles. The average molecular weight is 299 g/mol. The minimum atomic E-state index is -0.532. The second-order valence-corrected chi connectivity index (χ2v) is 6.53. The Bertz CT molecular complexity index is 659. The van der Waals surface area contributed by atoms with Crippen molar-refractivity contribution in [2.24, 2.45) is 5.41 Å². The molecule has 3 nitrogen and oxygen atoms in total. The fraction of sp³-hybridized carbons (Fsp3) is 0.235. The van der Waals surface area contributed by atoms with Crippen LogP contribution in [0.5, 0.6) is 0 Å². The molecule has 1 aliphatic rings. The molecule has 0 spiro atoms. The molecule has 0 fully saturated rings. The van der Waals surface area contributed by atoms with E-state index in [1.54, 1.807) is 11.3 Å². The molecule has 2 aromatic rings. The van der Waals surface area contributed by atoms with Crippen LogP contribution in [0.3, 0.4) is 0 Å². The van der Waals surface area contributed by atoms with Crippen molar-refractivity contribution < 1.29 is 9.63 Å². The highest BCUT2D eigenvalue weighted by Crippen LogP contribution is 2.39. The Morgan fingerprint density at radius 3 is 2.57 bits per heavy atom. The number of hydroxylamine groups is 2. The van der Waals surface area contributed by atoms with Crippen LogP contribution in [0.2, 0.25) is 0 Å². The molecule has 0 radical (unpaired) electrons. The number of carbonyl (C=O) groups excluding carboxylic acids is 1. The van der Waals surface area contributed by atoms with Crippen molar-refractivity contribution in [3.8, 4) is 0 Å². The number of hydrogen-bond acceptors (Lipinski definition) is 3. The number of benzene rings is 1. The summed E-state index contributed by atoms with van der Waals surface area (Å²) in [7, 11) is 0. The van der Waals surface area contributed by atoms with Gasteiger partial charge in [0.05, 0.1) is 16.0 Å². The molecule has 0 unspecified atom stereocenters. The quantitative estimate of drug-likeness (QED) is 0.851. The number of rotatable bonds is 4. The summed E-state index contributed by atoms with van der Waals surface area (Å²) in [6.07, 6.45) is 1.98. The maximum atomic E-state index is 12.5. The van der Waals surface area contributed by atoms with Crippen molar-refractivity contribution in [2.75, 3.05) is 0 Å². The molecule has 108 valence electrons. The van der Waals surface area contributed by atoms with Gasteiger partial charge in [0.25, 0.3) is 5.91 Å². The van der Waals surface area contributed by atoms with E-state index < -0.39 is 5.41 Å². The summed E-state index contributed by atoms with van der Waals surface area (Å²) in [6.45, 7) is 4.20. The highest BCUT2D eigenvalue weighted by Gasteiger charge is 2.40. The van der Waals surface area contributed by atoms with E-state index in [9.17, 15) is 4.79 Å². The summed E-state index contributed by atoms with van der Waals surface area (Å²) in [4.78, 5) is 19.3. The molecule has 1 aromatic heterocycles. The number of thiophene rings is 1.